The summed E-state index contributed by atoms with van der Waals surface area (Å²) in [7, 11) is 2.10. The molecule has 0 spiro atoms. The number of hydrogen-bond acceptors (Lipinski definition) is 3. The Bertz CT molecular complexity index is 207. The van der Waals surface area contributed by atoms with Crippen molar-refractivity contribution in [1.29, 1.82) is 0 Å². The van der Waals surface area contributed by atoms with Gasteiger partial charge in [-0.3, -0.25) is 4.99 Å². The Balaban J connectivity index is 3.83. The summed E-state index contributed by atoms with van der Waals surface area (Å²) in [5.74, 6) is 0. The molecule has 0 aromatic rings. The third-order valence-corrected chi connectivity index (χ3v) is 1.94. The van der Waals surface area contributed by atoms with Gasteiger partial charge in [-0.1, -0.05) is 13.0 Å². The van der Waals surface area contributed by atoms with Gasteiger partial charge in [-0.25, -0.2) is 0 Å². The highest BCUT2D eigenvalue weighted by Gasteiger charge is 1.94. The molecule has 0 aromatic carbocycles. The summed E-state index contributed by atoms with van der Waals surface area (Å²) in [6.45, 7) is 10.6. The van der Waals surface area contributed by atoms with Crippen LogP contribution in [-0.4, -0.2) is 38.3 Å². The maximum atomic E-state index is 3.73. The fourth-order valence-electron chi connectivity index (χ4n) is 0.975. The molecule has 0 amide bonds. The molecule has 0 fully saturated rings. The van der Waals surface area contributed by atoms with Gasteiger partial charge in [0.05, 0.1) is 5.70 Å². The topological polar surface area (TPSA) is 27.6 Å². The first-order chi connectivity index (χ1) is 6.74. The van der Waals surface area contributed by atoms with Crippen LogP contribution >= 0.6 is 0 Å². The second-order valence-corrected chi connectivity index (χ2v) is 3.09. The van der Waals surface area contributed by atoms with E-state index in [1.54, 1.807) is 6.20 Å². The standard InChI is InChI=1S/C11H21N3/c1-5-7-11(10-12-3)13-8-9-14(4)6-2/h5,7,10,13H,3,6,8-9H2,1-2,4H3/b7-5+,11-10+. The van der Waals surface area contributed by atoms with Crippen molar-refractivity contribution in [2.45, 2.75) is 13.8 Å². The molecule has 3 heteroatoms. The Morgan fingerprint density at radius 2 is 2.29 bits per heavy atom. The SMILES string of the molecule is C=N/C=C(\C=C\C)NCCN(C)CC. The van der Waals surface area contributed by atoms with Crippen molar-refractivity contribution in [2.24, 2.45) is 4.99 Å². The predicted octanol–water partition coefficient (Wildman–Crippen LogP) is 1.65. The van der Waals surface area contributed by atoms with E-state index in [-0.39, 0.29) is 0 Å². The van der Waals surface area contributed by atoms with Gasteiger partial charge in [0.25, 0.3) is 0 Å². The minimum Gasteiger partial charge on any atom is -0.383 e. The van der Waals surface area contributed by atoms with Crippen LogP contribution in [-0.2, 0) is 0 Å². The Kier molecular flexibility index (Phi) is 7.84. The van der Waals surface area contributed by atoms with Crippen LogP contribution in [0, 0.1) is 0 Å². The molecule has 0 radical (unpaired) electrons. The van der Waals surface area contributed by atoms with Gasteiger partial charge in [0.15, 0.2) is 0 Å². The first-order valence-corrected chi connectivity index (χ1v) is 4.95. The van der Waals surface area contributed by atoms with Gasteiger partial charge in [0.1, 0.15) is 0 Å². The van der Waals surface area contributed by atoms with Crippen LogP contribution in [0.15, 0.2) is 29.0 Å². The zero-order valence-electron chi connectivity index (χ0n) is 9.45. The lowest BCUT2D eigenvalue weighted by molar-refractivity contribution is 0.355. The summed E-state index contributed by atoms with van der Waals surface area (Å²) < 4.78 is 0. The average Bonchev–Trinajstić information content (AvgIpc) is 2.18. The molecule has 0 rings (SSSR count). The fourth-order valence-corrected chi connectivity index (χ4v) is 0.975. The number of aliphatic imine (C=N–C) groups is 1. The Labute approximate surface area is 87.2 Å². The summed E-state index contributed by atoms with van der Waals surface area (Å²) >= 11 is 0. The smallest absolute Gasteiger partial charge is 0.0523 e. The van der Waals surface area contributed by atoms with Crippen LogP contribution in [0.1, 0.15) is 13.8 Å². The molecule has 0 aliphatic rings. The predicted molar refractivity (Wildman–Crippen MR) is 63.6 cm³/mol. The maximum Gasteiger partial charge on any atom is 0.0523 e. The number of likely N-dealkylation sites (N-methyl/N-ethyl adjacent to an activating group) is 1. The number of allylic oxidation sites excluding steroid dienone is 2. The van der Waals surface area contributed by atoms with Gasteiger partial charge in [0, 0.05) is 19.3 Å². The third kappa shape index (κ3) is 6.43. The zero-order valence-corrected chi connectivity index (χ0v) is 9.45. The average molecular weight is 195 g/mol. The van der Waals surface area contributed by atoms with E-state index in [4.69, 9.17) is 0 Å². The number of hydrogen-bond donors (Lipinski definition) is 1. The second-order valence-electron chi connectivity index (χ2n) is 3.09. The minimum atomic E-state index is 0.927. The number of nitrogens with one attached hydrogen (secondary N) is 1. The first kappa shape index (κ1) is 12.9. The third-order valence-electron chi connectivity index (χ3n) is 1.94. The minimum absolute atomic E-state index is 0.927. The Morgan fingerprint density at radius 3 is 2.79 bits per heavy atom. The van der Waals surface area contributed by atoms with Crippen LogP contribution in [0.3, 0.4) is 0 Å². The van der Waals surface area contributed by atoms with Crippen LogP contribution in [0.4, 0.5) is 0 Å². The molecule has 0 unspecified atom stereocenters. The number of nitrogens with zero attached hydrogens (tertiary/aromatic N) is 2. The zero-order chi connectivity index (χ0) is 10.8. The van der Waals surface area contributed by atoms with Crippen LogP contribution in [0.2, 0.25) is 0 Å². The van der Waals surface area contributed by atoms with Gasteiger partial charge < -0.3 is 10.2 Å². The maximum absolute atomic E-state index is 3.73. The quantitative estimate of drug-likeness (QED) is 0.494. The highest BCUT2D eigenvalue weighted by molar-refractivity contribution is 5.28. The molecule has 0 aromatic heterocycles. The van der Waals surface area contributed by atoms with Gasteiger partial charge in [-0.15, -0.1) is 0 Å². The highest BCUT2D eigenvalue weighted by Crippen LogP contribution is 1.92. The van der Waals surface area contributed by atoms with E-state index in [9.17, 15) is 0 Å². The summed E-state index contributed by atoms with van der Waals surface area (Å²) in [5.41, 5.74) is 1.01. The van der Waals surface area contributed by atoms with Crippen molar-refractivity contribution in [3.05, 3.63) is 24.0 Å². The molecule has 0 heterocycles. The molecule has 3 nitrogen and oxygen atoms in total. The van der Waals surface area contributed by atoms with Crippen molar-refractivity contribution in [3.63, 3.8) is 0 Å². The number of rotatable bonds is 7. The van der Waals surface area contributed by atoms with E-state index < -0.39 is 0 Å². The van der Waals surface area contributed by atoms with E-state index in [2.05, 4.69) is 35.9 Å². The molecular weight excluding hydrogens is 174 g/mol. The summed E-state index contributed by atoms with van der Waals surface area (Å²) in [4.78, 5) is 5.98. The molecule has 0 aliphatic carbocycles. The largest absolute Gasteiger partial charge is 0.383 e. The van der Waals surface area contributed by atoms with Crippen molar-refractivity contribution in [1.82, 2.24) is 10.2 Å². The molecule has 1 N–H and O–H groups in total. The molecular formula is C11H21N3. The van der Waals surface area contributed by atoms with Crippen molar-refractivity contribution < 1.29 is 0 Å². The molecule has 80 valence electrons. The Morgan fingerprint density at radius 1 is 1.57 bits per heavy atom. The molecule has 0 atom stereocenters. The van der Waals surface area contributed by atoms with Gasteiger partial charge in [0.2, 0.25) is 0 Å². The Hall–Kier alpha value is -1.09. The monoisotopic (exact) mass is 195 g/mol. The lowest BCUT2D eigenvalue weighted by atomic mass is 10.4. The normalized spacial score (nSPS) is 12.4. The lowest BCUT2D eigenvalue weighted by Crippen LogP contribution is -2.28. The van der Waals surface area contributed by atoms with Crippen molar-refractivity contribution >= 4 is 6.72 Å². The van der Waals surface area contributed by atoms with Gasteiger partial charge >= 0.3 is 0 Å². The highest BCUT2D eigenvalue weighted by atomic mass is 15.1. The van der Waals surface area contributed by atoms with Crippen molar-refractivity contribution in [2.75, 3.05) is 26.7 Å². The van der Waals surface area contributed by atoms with Gasteiger partial charge in [-0.2, -0.15) is 0 Å². The first-order valence-electron chi connectivity index (χ1n) is 4.95. The summed E-state index contributed by atoms with van der Waals surface area (Å²) in [6, 6.07) is 0. The molecule has 0 bridgehead atoms. The van der Waals surface area contributed by atoms with Crippen LogP contribution < -0.4 is 5.32 Å². The van der Waals surface area contributed by atoms with E-state index in [0.29, 0.717) is 0 Å². The van der Waals surface area contributed by atoms with Gasteiger partial charge in [-0.05, 0) is 33.3 Å². The summed E-state index contributed by atoms with van der Waals surface area (Å²) in [6.07, 6.45) is 5.69. The van der Waals surface area contributed by atoms with E-state index in [0.717, 1.165) is 25.3 Å². The molecule has 14 heavy (non-hydrogen) atoms. The van der Waals surface area contributed by atoms with Crippen molar-refractivity contribution in [3.8, 4) is 0 Å². The van der Waals surface area contributed by atoms with E-state index >= 15 is 0 Å². The van der Waals surface area contributed by atoms with E-state index in [1.807, 2.05) is 19.1 Å². The van der Waals surface area contributed by atoms with Crippen LogP contribution in [0.5, 0.6) is 0 Å². The van der Waals surface area contributed by atoms with E-state index in [1.165, 1.54) is 0 Å². The molecule has 0 saturated carbocycles. The van der Waals surface area contributed by atoms with Crippen LogP contribution in [0.25, 0.3) is 0 Å². The second kappa shape index (κ2) is 8.51. The fraction of sp³-hybridized carbons (Fsp3) is 0.545. The summed E-state index contributed by atoms with van der Waals surface area (Å²) in [5, 5.41) is 3.29. The molecule has 0 aliphatic heterocycles. The molecule has 0 saturated heterocycles. The lowest BCUT2D eigenvalue weighted by Gasteiger charge is -2.14.